The Hall–Kier alpha value is -2.87. The number of aromatic amines is 1. The Bertz CT molecular complexity index is 1140. The third-order valence-electron chi connectivity index (χ3n) is 5.52. The molecule has 4 N–H and O–H groups in total. The summed E-state index contributed by atoms with van der Waals surface area (Å²) in [4.78, 5) is 17.1. The van der Waals surface area contributed by atoms with Crippen molar-refractivity contribution < 1.29 is 5.48 Å². The molecule has 158 valence electrons. The molecule has 1 aliphatic rings. The number of hydrogen-bond donors (Lipinski definition) is 2. The molecule has 30 heavy (non-hydrogen) atoms. The molecule has 0 unspecified atom stereocenters. The summed E-state index contributed by atoms with van der Waals surface area (Å²) in [5.74, 6) is 0. The number of likely N-dealkylation sites (N-methyl/N-ethyl adjacent to an activating group) is 1. The molecule has 0 aliphatic carbocycles. The van der Waals surface area contributed by atoms with Crippen LogP contribution in [0, 0.1) is 6.92 Å². The van der Waals surface area contributed by atoms with Crippen LogP contribution in [0.2, 0.25) is 0 Å². The van der Waals surface area contributed by atoms with Gasteiger partial charge >= 0.3 is 0 Å². The fourth-order valence-corrected chi connectivity index (χ4v) is 3.95. The number of H-pyrrole nitrogens is 1. The number of fused-ring (bicyclic) bond motifs is 3. The van der Waals surface area contributed by atoms with Crippen LogP contribution in [0.3, 0.4) is 0 Å². The quantitative estimate of drug-likeness (QED) is 0.523. The third kappa shape index (κ3) is 4.05. The molecule has 0 amide bonds. The van der Waals surface area contributed by atoms with Crippen LogP contribution < -0.4 is 10.2 Å². The summed E-state index contributed by atoms with van der Waals surface area (Å²) in [5, 5.41) is 4.67. The van der Waals surface area contributed by atoms with E-state index in [1.165, 1.54) is 5.69 Å². The summed E-state index contributed by atoms with van der Waals surface area (Å²) < 4.78 is 0. The highest BCUT2D eigenvalue weighted by molar-refractivity contribution is 6.10. The van der Waals surface area contributed by atoms with Crippen LogP contribution in [0.25, 0.3) is 21.9 Å². The Balaban J connectivity index is 0.00000128. The first-order valence-electron chi connectivity index (χ1n) is 9.71. The summed E-state index contributed by atoms with van der Waals surface area (Å²) >= 11 is 0. The van der Waals surface area contributed by atoms with E-state index in [1.807, 2.05) is 6.07 Å². The zero-order chi connectivity index (χ0) is 19.1. The third-order valence-corrected chi connectivity index (χ3v) is 5.52. The first-order chi connectivity index (χ1) is 13.7. The maximum absolute atomic E-state index is 4.48. The van der Waals surface area contributed by atoms with Crippen molar-refractivity contribution in [3.63, 3.8) is 0 Å². The Morgan fingerprint density at radius 2 is 1.70 bits per heavy atom. The van der Waals surface area contributed by atoms with Gasteiger partial charge in [-0.2, -0.15) is 0 Å². The van der Waals surface area contributed by atoms with Crippen molar-refractivity contribution in [2.75, 3.05) is 43.4 Å². The van der Waals surface area contributed by atoms with Crippen LogP contribution in [0.15, 0.2) is 48.8 Å². The van der Waals surface area contributed by atoms with E-state index < -0.39 is 0 Å². The second kappa shape index (κ2) is 8.87. The topological polar surface area (TPSA) is 91.6 Å². The van der Waals surface area contributed by atoms with Gasteiger partial charge in [-0.25, -0.2) is 9.97 Å². The first kappa shape index (κ1) is 21.8. The van der Waals surface area contributed by atoms with E-state index in [1.54, 1.807) is 6.33 Å². The number of hydrogen-bond acceptors (Lipinski definition) is 5. The van der Waals surface area contributed by atoms with Crippen molar-refractivity contribution in [2.45, 2.75) is 6.92 Å². The van der Waals surface area contributed by atoms with E-state index in [9.17, 15) is 0 Å². The van der Waals surface area contributed by atoms with Gasteiger partial charge in [0, 0.05) is 54.2 Å². The molecule has 2 aromatic heterocycles. The first-order valence-corrected chi connectivity index (χ1v) is 9.71. The molecule has 0 spiro atoms. The van der Waals surface area contributed by atoms with Gasteiger partial charge in [-0.05, 0) is 56.4 Å². The second-order valence-corrected chi connectivity index (χ2v) is 7.56. The van der Waals surface area contributed by atoms with Crippen molar-refractivity contribution in [3.05, 3.63) is 54.5 Å². The van der Waals surface area contributed by atoms with Gasteiger partial charge in [-0.1, -0.05) is 0 Å². The molecule has 0 saturated carbocycles. The molecule has 7 nitrogen and oxygen atoms in total. The number of pyridine rings is 1. The predicted molar refractivity (Wildman–Crippen MR) is 126 cm³/mol. The van der Waals surface area contributed by atoms with Crippen LogP contribution in [0.5, 0.6) is 0 Å². The molecule has 5 rings (SSSR count). The molecule has 1 fully saturated rings. The summed E-state index contributed by atoms with van der Waals surface area (Å²) in [7, 11) is 2.18. The lowest BCUT2D eigenvalue weighted by atomic mass is 10.1. The van der Waals surface area contributed by atoms with E-state index in [-0.39, 0.29) is 17.9 Å². The SMILES string of the molecule is Cc1cc(Nc2ccc(N3CCN(C)CC3)cc2)c2c(ccc3ncnc32)[nH]1.Cl.O. The van der Waals surface area contributed by atoms with Crippen LogP contribution in [-0.4, -0.2) is 58.6 Å². The molecule has 0 atom stereocenters. The van der Waals surface area contributed by atoms with Gasteiger partial charge in [-0.15, -0.1) is 12.4 Å². The second-order valence-electron chi connectivity index (χ2n) is 7.56. The highest BCUT2D eigenvalue weighted by atomic mass is 35.5. The Kier molecular flexibility index (Phi) is 6.45. The molecule has 1 saturated heterocycles. The summed E-state index contributed by atoms with van der Waals surface area (Å²) in [6.07, 6.45) is 1.62. The summed E-state index contributed by atoms with van der Waals surface area (Å²) in [6.45, 7) is 6.46. The molecule has 2 aromatic carbocycles. The van der Waals surface area contributed by atoms with Gasteiger partial charge in [0.05, 0.1) is 11.2 Å². The van der Waals surface area contributed by atoms with Gasteiger partial charge in [0.25, 0.3) is 0 Å². The van der Waals surface area contributed by atoms with Crippen molar-refractivity contribution >= 4 is 51.4 Å². The zero-order valence-electron chi connectivity index (χ0n) is 17.1. The maximum Gasteiger partial charge on any atom is 0.116 e. The number of nitrogens with one attached hydrogen (secondary N) is 2. The van der Waals surface area contributed by atoms with Crippen LogP contribution >= 0.6 is 12.4 Å². The molecule has 0 bridgehead atoms. The number of aromatic nitrogens is 3. The average molecular weight is 427 g/mol. The molecule has 4 aromatic rings. The molecule has 1 aliphatic heterocycles. The highest BCUT2D eigenvalue weighted by Gasteiger charge is 2.14. The smallest absolute Gasteiger partial charge is 0.116 e. The number of piperazine rings is 1. The van der Waals surface area contributed by atoms with Gasteiger partial charge < -0.3 is 25.6 Å². The van der Waals surface area contributed by atoms with Gasteiger partial charge in [0.2, 0.25) is 0 Å². The Morgan fingerprint density at radius 1 is 0.967 bits per heavy atom. The minimum absolute atomic E-state index is 0. The van der Waals surface area contributed by atoms with E-state index in [0.717, 1.165) is 65.2 Å². The number of anilines is 3. The average Bonchev–Trinajstić information content (AvgIpc) is 3.18. The number of imidazole rings is 1. The lowest BCUT2D eigenvalue weighted by Crippen LogP contribution is -2.44. The number of halogens is 1. The lowest BCUT2D eigenvalue weighted by Gasteiger charge is -2.34. The number of benzene rings is 2. The highest BCUT2D eigenvalue weighted by Crippen LogP contribution is 2.32. The van der Waals surface area contributed by atoms with Gasteiger partial charge in [0.15, 0.2) is 0 Å². The summed E-state index contributed by atoms with van der Waals surface area (Å²) in [6, 6.07) is 14.9. The fourth-order valence-electron chi connectivity index (χ4n) is 3.95. The molecule has 8 heteroatoms. The largest absolute Gasteiger partial charge is 0.412 e. The van der Waals surface area contributed by atoms with Gasteiger partial charge in [0.1, 0.15) is 11.8 Å². The number of nitrogens with zero attached hydrogens (tertiary/aromatic N) is 4. The normalized spacial score (nSPS) is 14.4. The van der Waals surface area contributed by atoms with Crippen LogP contribution in [0.1, 0.15) is 5.69 Å². The van der Waals surface area contributed by atoms with E-state index in [4.69, 9.17) is 0 Å². The molecular weight excluding hydrogens is 400 g/mol. The van der Waals surface area contributed by atoms with Gasteiger partial charge in [-0.3, -0.25) is 0 Å². The van der Waals surface area contributed by atoms with Crippen molar-refractivity contribution in [1.29, 1.82) is 0 Å². The van der Waals surface area contributed by atoms with Crippen LogP contribution in [0.4, 0.5) is 17.1 Å². The van der Waals surface area contributed by atoms with Crippen molar-refractivity contribution in [2.24, 2.45) is 0 Å². The fraction of sp³-hybridized carbons (Fsp3) is 0.273. The van der Waals surface area contributed by atoms with E-state index >= 15 is 0 Å². The Labute approximate surface area is 181 Å². The number of aryl methyl sites for hydroxylation is 1. The zero-order valence-corrected chi connectivity index (χ0v) is 18.0. The van der Waals surface area contributed by atoms with E-state index in [2.05, 4.69) is 80.4 Å². The molecular formula is C22H27ClN6O. The lowest BCUT2D eigenvalue weighted by molar-refractivity contribution is 0.313. The maximum atomic E-state index is 4.48. The predicted octanol–water partition coefficient (Wildman–Crippen LogP) is 3.51. The minimum Gasteiger partial charge on any atom is -0.412 e. The standard InChI is InChI=1S/C22H24N6.ClH.H2O/c1-15-13-20(21-18(25-15)7-8-19-22(21)24-14-23-19)26-16-3-5-17(6-4-16)28-11-9-27(2)10-12-28;;/h3-8,13-14,25-26H,9-12H2,1-2H3;1H;1H2. The molecule has 3 heterocycles. The van der Waals surface area contributed by atoms with Crippen molar-refractivity contribution in [1.82, 2.24) is 19.9 Å². The van der Waals surface area contributed by atoms with E-state index in [0.29, 0.717) is 0 Å². The van der Waals surface area contributed by atoms with Crippen molar-refractivity contribution in [3.8, 4) is 0 Å². The summed E-state index contributed by atoms with van der Waals surface area (Å²) in [5.41, 5.74) is 7.40. The number of rotatable bonds is 3. The molecule has 0 radical (unpaired) electrons. The minimum atomic E-state index is 0. The van der Waals surface area contributed by atoms with Crippen LogP contribution in [-0.2, 0) is 0 Å². The monoisotopic (exact) mass is 426 g/mol. The Morgan fingerprint density at radius 3 is 2.43 bits per heavy atom.